The van der Waals surface area contributed by atoms with Crippen molar-refractivity contribution >= 4 is 35.0 Å². The number of piperidine rings is 3. The molecule has 5 heterocycles. The number of hydrogen-bond acceptors (Lipinski definition) is 8. The van der Waals surface area contributed by atoms with E-state index in [1.54, 1.807) is 18.1 Å². The van der Waals surface area contributed by atoms with Gasteiger partial charge in [-0.05, 0) is 86.0 Å². The minimum absolute atomic E-state index is 0.112. The van der Waals surface area contributed by atoms with Gasteiger partial charge >= 0.3 is 0 Å². The summed E-state index contributed by atoms with van der Waals surface area (Å²) in [7, 11) is 3.72. The monoisotopic (exact) mass is 671 g/mol. The molecule has 0 bridgehead atoms. The van der Waals surface area contributed by atoms with Crippen molar-refractivity contribution < 1.29 is 14.4 Å². The summed E-state index contributed by atoms with van der Waals surface area (Å²) in [6, 6.07) is 14.5. The summed E-state index contributed by atoms with van der Waals surface area (Å²) < 4.78 is 1.24. The zero-order valence-electron chi connectivity index (χ0n) is 27.5. The minimum Gasteiger partial charge on any atom is -0.378 e. The van der Waals surface area contributed by atoms with Crippen LogP contribution in [0.25, 0.3) is 0 Å². The summed E-state index contributed by atoms with van der Waals surface area (Å²) >= 11 is 6.32. The molecule has 4 aliphatic heterocycles. The fourth-order valence-electron chi connectivity index (χ4n) is 8.04. The number of rotatable bonds is 7. The van der Waals surface area contributed by atoms with Gasteiger partial charge in [0.25, 0.3) is 11.5 Å². The third kappa shape index (κ3) is 6.51. The van der Waals surface area contributed by atoms with Gasteiger partial charge < -0.3 is 15.1 Å². The number of benzene rings is 2. The molecule has 7 rings (SSSR count). The van der Waals surface area contributed by atoms with Crippen molar-refractivity contribution in [3.63, 3.8) is 0 Å². The molecule has 2 aromatic carbocycles. The number of carbonyl (C=O) groups excluding carboxylic acids is 3. The summed E-state index contributed by atoms with van der Waals surface area (Å²) in [6.45, 7) is 5.09. The van der Waals surface area contributed by atoms with Gasteiger partial charge in [0.15, 0.2) is 0 Å². The van der Waals surface area contributed by atoms with E-state index in [2.05, 4.69) is 62.9 Å². The van der Waals surface area contributed by atoms with Gasteiger partial charge in [0, 0.05) is 51.3 Å². The van der Waals surface area contributed by atoms with Gasteiger partial charge in [-0.1, -0.05) is 48.0 Å². The molecule has 3 amide bonds. The Kier molecular flexibility index (Phi) is 9.10. The lowest BCUT2D eigenvalue weighted by Gasteiger charge is -2.37. The molecule has 252 valence electrons. The Morgan fingerprint density at radius 1 is 0.958 bits per heavy atom. The topological polar surface area (TPSA) is 120 Å². The van der Waals surface area contributed by atoms with E-state index in [9.17, 15) is 19.2 Å². The van der Waals surface area contributed by atoms with E-state index in [4.69, 9.17) is 11.6 Å². The number of fused-ring (bicyclic) bond motifs is 1. The third-order valence-corrected chi connectivity index (χ3v) is 10.9. The Morgan fingerprint density at radius 2 is 1.73 bits per heavy atom. The van der Waals surface area contributed by atoms with E-state index in [0.717, 1.165) is 57.5 Å². The molecule has 2 N–H and O–H groups in total. The van der Waals surface area contributed by atoms with Crippen molar-refractivity contribution in [2.75, 3.05) is 38.5 Å². The van der Waals surface area contributed by atoms with E-state index in [1.165, 1.54) is 21.4 Å². The predicted octanol–water partition coefficient (Wildman–Crippen LogP) is 3.47. The van der Waals surface area contributed by atoms with Crippen molar-refractivity contribution in [3.05, 3.63) is 91.9 Å². The molecule has 0 radical (unpaired) electrons. The van der Waals surface area contributed by atoms with Crippen LogP contribution in [-0.2, 0) is 29.7 Å². The van der Waals surface area contributed by atoms with E-state index in [1.807, 2.05) is 12.1 Å². The number of likely N-dealkylation sites (N-methyl/N-ethyl adjacent to an activating group) is 1. The largest absolute Gasteiger partial charge is 0.378 e. The molecular formula is C36H42ClN7O4. The first-order valence-electron chi connectivity index (χ1n) is 16.9. The molecule has 48 heavy (non-hydrogen) atoms. The smallest absolute Gasteiger partial charge is 0.287 e. The van der Waals surface area contributed by atoms with Crippen molar-refractivity contribution in [1.29, 1.82) is 0 Å². The van der Waals surface area contributed by atoms with Crippen molar-refractivity contribution in [2.24, 2.45) is 7.05 Å². The predicted molar refractivity (Wildman–Crippen MR) is 183 cm³/mol. The van der Waals surface area contributed by atoms with Crippen LogP contribution < -0.4 is 16.2 Å². The van der Waals surface area contributed by atoms with Crippen molar-refractivity contribution in [1.82, 2.24) is 29.8 Å². The Morgan fingerprint density at radius 3 is 2.48 bits per heavy atom. The van der Waals surface area contributed by atoms with Gasteiger partial charge in [0.2, 0.25) is 11.8 Å². The Labute approximate surface area is 285 Å². The highest BCUT2D eigenvalue weighted by molar-refractivity contribution is 6.32. The van der Waals surface area contributed by atoms with Gasteiger partial charge in [-0.15, -0.1) is 0 Å². The molecule has 3 fully saturated rings. The first-order chi connectivity index (χ1) is 23.1. The average Bonchev–Trinajstić information content (AvgIpc) is 3.41. The zero-order chi connectivity index (χ0) is 33.5. The number of nitrogens with one attached hydrogen (secondary N) is 2. The number of amides is 3. The lowest BCUT2D eigenvalue weighted by atomic mass is 9.85. The van der Waals surface area contributed by atoms with Crippen LogP contribution in [0.2, 0.25) is 5.02 Å². The normalized spacial score (nSPS) is 24.1. The van der Waals surface area contributed by atoms with Gasteiger partial charge in [-0.2, -0.15) is 5.10 Å². The maximum atomic E-state index is 13.3. The molecule has 3 aromatic rings. The van der Waals surface area contributed by atoms with Crippen LogP contribution in [-0.4, -0.2) is 87.5 Å². The molecule has 12 heteroatoms. The highest BCUT2D eigenvalue weighted by atomic mass is 35.5. The van der Waals surface area contributed by atoms with Gasteiger partial charge in [0.1, 0.15) is 11.1 Å². The van der Waals surface area contributed by atoms with Crippen molar-refractivity contribution in [2.45, 2.75) is 69.1 Å². The molecular weight excluding hydrogens is 630 g/mol. The lowest BCUT2D eigenvalue weighted by molar-refractivity contribution is -0.136. The van der Waals surface area contributed by atoms with E-state index < -0.39 is 6.04 Å². The van der Waals surface area contributed by atoms with E-state index in [0.29, 0.717) is 36.1 Å². The quantitative estimate of drug-likeness (QED) is 0.367. The first kappa shape index (κ1) is 32.5. The van der Waals surface area contributed by atoms with Gasteiger partial charge in [-0.25, -0.2) is 4.68 Å². The molecule has 3 saturated heterocycles. The van der Waals surface area contributed by atoms with Crippen LogP contribution in [0, 0.1) is 0 Å². The van der Waals surface area contributed by atoms with Crippen LogP contribution in [0.3, 0.4) is 0 Å². The van der Waals surface area contributed by atoms with Gasteiger partial charge in [-0.3, -0.25) is 29.4 Å². The van der Waals surface area contributed by atoms with Crippen molar-refractivity contribution in [3.8, 4) is 0 Å². The van der Waals surface area contributed by atoms with E-state index >= 15 is 0 Å². The summed E-state index contributed by atoms with van der Waals surface area (Å²) in [5.74, 6) is -0.0368. The molecule has 0 saturated carbocycles. The second-order valence-corrected chi connectivity index (χ2v) is 14.2. The van der Waals surface area contributed by atoms with E-state index in [-0.39, 0.29) is 40.8 Å². The maximum absolute atomic E-state index is 13.3. The van der Waals surface area contributed by atoms with Gasteiger partial charge in [0.05, 0.1) is 11.9 Å². The summed E-state index contributed by atoms with van der Waals surface area (Å²) in [5, 5.41) is 10.2. The second kappa shape index (κ2) is 13.4. The standard InChI is InChI=1S/C36H42ClN7O4/c1-41-19-25(16-26(20-41)39-30-17-38-42(2)36(48)33(30)37)23-8-6-22(7-9-23)18-43-14-12-24(13-15-43)27-4-3-5-28-29(27)21-44(35(28)47)31-10-11-32(45)40-34(31)46/h3-9,17,24-26,31,39H,10-16,18-21H2,1-2H3,(H,40,45,46)/t25-,26+,31?/m1/s1. The number of likely N-dealkylation sites (tertiary alicyclic amines) is 2. The molecule has 11 nitrogen and oxygen atoms in total. The number of nitrogens with zero attached hydrogens (tertiary/aromatic N) is 5. The number of aromatic nitrogens is 2. The Bertz CT molecular complexity index is 1790. The lowest BCUT2D eigenvalue weighted by Crippen LogP contribution is -2.52. The Balaban J connectivity index is 0.944. The van der Waals surface area contributed by atoms with Crippen LogP contribution >= 0.6 is 11.6 Å². The number of imide groups is 1. The van der Waals surface area contributed by atoms with Crippen LogP contribution in [0.4, 0.5) is 5.69 Å². The fraction of sp³-hybridized carbons (Fsp3) is 0.472. The van der Waals surface area contributed by atoms with Crippen LogP contribution in [0.1, 0.15) is 76.6 Å². The maximum Gasteiger partial charge on any atom is 0.287 e. The number of aryl methyl sites for hydroxylation is 1. The number of hydrogen-bond donors (Lipinski definition) is 2. The molecule has 0 aliphatic carbocycles. The SMILES string of the molecule is CN1C[C@@H](Nc2cnn(C)c(=O)c2Cl)C[C@@H](c2ccc(CN3CCC(c4cccc5c4CN(C4CCC(=O)NC4=O)C5=O)CC3)cc2)C1. The third-order valence-electron chi connectivity index (χ3n) is 10.6. The number of carbonyl (C=O) groups is 3. The highest BCUT2D eigenvalue weighted by Gasteiger charge is 2.40. The molecule has 4 aliphatic rings. The van der Waals surface area contributed by atoms with Crippen LogP contribution in [0.5, 0.6) is 0 Å². The highest BCUT2D eigenvalue weighted by Crippen LogP contribution is 2.37. The molecule has 0 spiro atoms. The zero-order valence-corrected chi connectivity index (χ0v) is 28.2. The average molecular weight is 672 g/mol. The summed E-state index contributed by atoms with van der Waals surface area (Å²) in [5.41, 5.74) is 5.83. The summed E-state index contributed by atoms with van der Waals surface area (Å²) in [4.78, 5) is 56.2. The minimum atomic E-state index is -0.594. The molecule has 1 aromatic heterocycles. The second-order valence-electron chi connectivity index (χ2n) is 13.9. The Hall–Kier alpha value is -4.06. The molecule has 3 atom stereocenters. The molecule has 1 unspecified atom stereocenters. The number of anilines is 1. The first-order valence-corrected chi connectivity index (χ1v) is 17.3. The number of halogens is 1. The summed E-state index contributed by atoms with van der Waals surface area (Å²) in [6.07, 6.45) is 5.21. The fourth-order valence-corrected chi connectivity index (χ4v) is 8.27. The van der Waals surface area contributed by atoms with Crippen LogP contribution in [0.15, 0.2) is 53.5 Å².